The summed E-state index contributed by atoms with van der Waals surface area (Å²) in [5.74, 6) is 0.308. The fourth-order valence-corrected chi connectivity index (χ4v) is 2.15. The molecule has 1 heterocycles. The molecule has 0 aliphatic carbocycles. The van der Waals surface area contributed by atoms with Crippen molar-refractivity contribution >= 4 is 12.0 Å². The van der Waals surface area contributed by atoms with E-state index in [9.17, 15) is 4.79 Å². The lowest BCUT2D eigenvalue weighted by Gasteiger charge is -2.24. The van der Waals surface area contributed by atoms with Crippen LogP contribution in [0.3, 0.4) is 0 Å². The molecule has 0 saturated carbocycles. The number of benzene rings is 1. The van der Waals surface area contributed by atoms with Crippen LogP contribution >= 0.6 is 0 Å². The first-order valence-corrected chi connectivity index (χ1v) is 7.11. The van der Waals surface area contributed by atoms with E-state index >= 15 is 0 Å². The minimum Gasteiger partial charge on any atom is -0.490 e. The third kappa shape index (κ3) is 4.79. The van der Waals surface area contributed by atoms with E-state index in [-0.39, 0.29) is 6.10 Å². The smallest absolute Gasteiger partial charge is 0.328 e. The second kappa shape index (κ2) is 7.69. The van der Waals surface area contributed by atoms with Gasteiger partial charge >= 0.3 is 5.97 Å². The van der Waals surface area contributed by atoms with Gasteiger partial charge in [-0.15, -0.1) is 0 Å². The van der Waals surface area contributed by atoms with Gasteiger partial charge in [-0.3, -0.25) is 0 Å². The van der Waals surface area contributed by atoms with E-state index < -0.39 is 5.97 Å². The van der Waals surface area contributed by atoms with Gasteiger partial charge in [0.2, 0.25) is 0 Å². The lowest BCUT2D eigenvalue weighted by atomic mass is 10.1. The van der Waals surface area contributed by atoms with Crippen molar-refractivity contribution in [3.05, 3.63) is 29.8 Å². The Bertz CT molecular complexity index is 503. The summed E-state index contributed by atoms with van der Waals surface area (Å²) in [5.41, 5.74) is 0.757. The van der Waals surface area contributed by atoms with Crippen molar-refractivity contribution in [1.29, 1.82) is 0 Å². The molecule has 1 unspecified atom stereocenters. The van der Waals surface area contributed by atoms with E-state index in [2.05, 4.69) is 0 Å². The van der Waals surface area contributed by atoms with Gasteiger partial charge in [-0.2, -0.15) is 0 Å². The monoisotopic (exact) mass is 292 g/mol. The van der Waals surface area contributed by atoms with E-state index in [0.29, 0.717) is 24.7 Å². The second-order valence-corrected chi connectivity index (χ2v) is 4.77. The predicted molar refractivity (Wildman–Crippen MR) is 78.7 cm³/mol. The number of carboxylic acid groups (broad SMARTS) is 1. The highest BCUT2D eigenvalue weighted by atomic mass is 16.6. The van der Waals surface area contributed by atoms with Gasteiger partial charge in [0.15, 0.2) is 11.5 Å². The molecule has 1 fully saturated rings. The first kappa shape index (κ1) is 15.4. The lowest BCUT2D eigenvalue weighted by molar-refractivity contribution is -0.131. The summed E-state index contributed by atoms with van der Waals surface area (Å²) in [6.07, 6.45) is 4.62. The van der Waals surface area contributed by atoms with Crippen molar-refractivity contribution < 1.29 is 24.1 Å². The number of hydrogen-bond acceptors (Lipinski definition) is 4. The van der Waals surface area contributed by atoms with Crippen molar-refractivity contribution in [3.63, 3.8) is 0 Å². The molecule has 21 heavy (non-hydrogen) atoms. The van der Waals surface area contributed by atoms with E-state index in [4.69, 9.17) is 19.3 Å². The highest BCUT2D eigenvalue weighted by Crippen LogP contribution is 2.31. The summed E-state index contributed by atoms with van der Waals surface area (Å²) in [6.45, 7) is 3.79. The molecule has 5 nitrogen and oxygen atoms in total. The zero-order chi connectivity index (χ0) is 15.1. The van der Waals surface area contributed by atoms with E-state index in [1.54, 1.807) is 18.2 Å². The van der Waals surface area contributed by atoms with Crippen molar-refractivity contribution in [2.45, 2.75) is 25.9 Å². The highest BCUT2D eigenvalue weighted by molar-refractivity contribution is 5.85. The van der Waals surface area contributed by atoms with E-state index in [1.807, 2.05) is 6.92 Å². The quantitative estimate of drug-likeness (QED) is 0.817. The minimum atomic E-state index is -0.979. The maximum Gasteiger partial charge on any atom is 0.328 e. The third-order valence-corrected chi connectivity index (χ3v) is 3.10. The summed E-state index contributed by atoms with van der Waals surface area (Å²) >= 11 is 0. The molecule has 2 rings (SSSR count). The molecule has 5 heteroatoms. The number of hydrogen-bond donors (Lipinski definition) is 1. The van der Waals surface area contributed by atoms with Gasteiger partial charge in [-0.1, -0.05) is 6.07 Å². The molecule has 1 aromatic rings. The Morgan fingerprint density at radius 3 is 3.00 bits per heavy atom. The van der Waals surface area contributed by atoms with Gasteiger partial charge in [-0.05, 0) is 43.5 Å². The first-order chi connectivity index (χ1) is 10.2. The average molecular weight is 292 g/mol. The van der Waals surface area contributed by atoms with Gasteiger partial charge in [-0.25, -0.2) is 4.79 Å². The van der Waals surface area contributed by atoms with Gasteiger partial charge in [0.25, 0.3) is 0 Å². The molecule has 1 aromatic carbocycles. The maximum absolute atomic E-state index is 10.6. The Morgan fingerprint density at radius 2 is 2.33 bits per heavy atom. The molecule has 0 radical (unpaired) electrons. The molecule has 1 aliphatic rings. The highest BCUT2D eigenvalue weighted by Gasteiger charge is 2.17. The van der Waals surface area contributed by atoms with Gasteiger partial charge < -0.3 is 19.3 Å². The largest absolute Gasteiger partial charge is 0.490 e. The molecule has 1 saturated heterocycles. The Hall–Kier alpha value is -2.01. The van der Waals surface area contributed by atoms with Crippen LogP contribution in [0.25, 0.3) is 6.08 Å². The van der Waals surface area contributed by atoms with Crippen LogP contribution in [-0.2, 0) is 9.53 Å². The van der Waals surface area contributed by atoms with Crippen LogP contribution in [0.1, 0.15) is 25.3 Å². The fourth-order valence-electron chi connectivity index (χ4n) is 2.15. The summed E-state index contributed by atoms with van der Waals surface area (Å²) in [7, 11) is 0. The number of aliphatic carboxylic acids is 1. The fraction of sp³-hybridized carbons (Fsp3) is 0.438. The Balaban J connectivity index is 2.13. The summed E-state index contributed by atoms with van der Waals surface area (Å²) in [4.78, 5) is 10.6. The van der Waals surface area contributed by atoms with Crippen molar-refractivity contribution in [1.82, 2.24) is 0 Å². The number of ether oxygens (including phenoxy) is 3. The molecule has 1 atom stereocenters. The standard InChI is InChI=1S/C16H20O5/c1-2-20-15-10-12(6-8-16(17)18)5-7-14(15)21-13-4-3-9-19-11-13/h5-8,10,13H,2-4,9,11H2,1H3,(H,17,18)/b8-6+. The molecule has 0 spiro atoms. The number of rotatable bonds is 6. The van der Waals surface area contributed by atoms with Crippen LogP contribution < -0.4 is 9.47 Å². The molecule has 1 aliphatic heterocycles. The number of carboxylic acids is 1. The van der Waals surface area contributed by atoms with Crippen LogP contribution in [0.2, 0.25) is 0 Å². The molecule has 114 valence electrons. The molecule has 0 amide bonds. The predicted octanol–water partition coefficient (Wildman–Crippen LogP) is 2.74. The van der Waals surface area contributed by atoms with Gasteiger partial charge in [0, 0.05) is 12.7 Å². The lowest BCUT2D eigenvalue weighted by Crippen LogP contribution is -2.28. The second-order valence-electron chi connectivity index (χ2n) is 4.77. The number of carbonyl (C=O) groups is 1. The van der Waals surface area contributed by atoms with Crippen LogP contribution in [0.4, 0.5) is 0 Å². The van der Waals surface area contributed by atoms with Gasteiger partial charge in [0.05, 0.1) is 13.2 Å². The minimum absolute atomic E-state index is 0.0402. The van der Waals surface area contributed by atoms with Crippen LogP contribution in [0, 0.1) is 0 Å². The van der Waals surface area contributed by atoms with E-state index in [1.165, 1.54) is 6.08 Å². The summed E-state index contributed by atoms with van der Waals surface area (Å²) in [6, 6.07) is 5.39. The maximum atomic E-state index is 10.6. The molecular weight excluding hydrogens is 272 g/mol. The van der Waals surface area contributed by atoms with Crippen LogP contribution in [0.5, 0.6) is 11.5 Å². The van der Waals surface area contributed by atoms with Crippen molar-refractivity contribution in [2.75, 3.05) is 19.8 Å². The summed E-state index contributed by atoms with van der Waals surface area (Å²) < 4.78 is 16.9. The Morgan fingerprint density at radius 1 is 1.48 bits per heavy atom. The summed E-state index contributed by atoms with van der Waals surface area (Å²) in [5, 5.41) is 8.66. The third-order valence-electron chi connectivity index (χ3n) is 3.10. The Kier molecular flexibility index (Phi) is 5.63. The van der Waals surface area contributed by atoms with E-state index in [0.717, 1.165) is 31.1 Å². The van der Waals surface area contributed by atoms with Crippen LogP contribution in [-0.4, -0.2) is 37.0 Å². The molecule has 1 N–H and O–H groups in total. The Labute approximate surface area is 124 Å². The van der Waals surface area contributed by atoms with Crippen molar-refractivity contribution in [3.8, 4) is 11.5 Å². The molecule has 0 bridgehead atoms. The molecular formula is C16H20O5. The van der Waals surface area contributed by atoms with Crippen molar-refractivity contribution in [2.24, 2.45) is 0 Å². The molecule has 0 aromatic heterocycles. The SMILES string of the molecule is CCOc1cc(/C=C/C(=O)O)ccc1OC1CCCOC1. The average Bonchev–Trinajstić information content (AvgIpc) is 2.49. The topological polar surface area (TPSA) is 65.0 Å². The van der Waals surface area contributed by atoms with Gasteiger partial charge in [0.1, 0.15) is 6.10 Å². The zero-order valence-corrected chi connectivity index (χ0v) is 12.1. The first-order valence-electron chi connectivity index (χ1n) is 7.11. The van der Waals surface area contributed by atoms with Crippen LogP contribution in [0.15, 0.2) is 24.3 Å². The zero-order valence-electron chi connectivity index (χ0n) is 12.1. The normalized spacial score (nSPS) is 18.6.